The maximum absolute atomic E-state index is 12.2. The summed E-state index contributed by atoms with van der Waals surface area (Å²) in [6.07, 6.45) is 0.515. The van der Waals surface area contributed by atoms with E-state index in [2.05, 4.69) is 5.32 Å². The van der Waals surface area contributed by atoms with Gasteiger partial charge in [0.2, 0.25) is 0 Å². The Balaban J connectivity index is 2.20. The van der Waals surface area contributed by atoms with E-state index in [1.165, 1.54) is 0 Å². The van der Waals surface area contributed by atoms with E-state index in [0.717, 1.165) is 5.56 Å². The molecule has 0 atom stereocenters. The maximum atomic E-state index is 12.2. The Bertz CT molecular complexity index is 538. The van der Waals surface area contributed by atoms with Crippen LogP contribution in [0.25, 0.3) is 0 Å². The summed E-state index contributed by atoms with van der Waals surface area (Å²) < 4.78 is 5.16. The Morgan fingerprint density at radius 3 is 2.55 bits per heavy atom. The van der Waals surface area contributed by atoms with Crippen molar-refractivity contribution in [2.45, 2.75) is 25.3 Å². The number of amides is 1. The summed E-state index contributed by atoms with van der Waals surface area (Å²) in [5.41, 5.74) is -0.0397. The molecular formula is C14H16ClNO4. The van der Waals surface area contributed by atoms with Crippen molar-refractivity contribution in [3.05, 3.63) is 34.3 Å². The molecular weight excluding hydrogens is 282 g/mol. The number of carbonyl (C=O) groups is 2. The van der Waals surface area contributed by atoms with Crippen LogP contribution in [-0.4, -0.2) is 35.7 Å². The number of nitrogens with one attached hydrogen (secondary N) is 1. The highest BCUT2D eigenvalue weighted by Crippen LogP contribution is 2.23. The normalized spacial score (nSPS) is 17.5. The molecule has 5 nitrogen and oxygen atoms in total. The lowest BCUT2D eigenvalue weighted by atomic mass is 9.89. The molecule has 2 rings (SSSR count). The van der Waals surface area contributed by atoms with Crippen LogP contribution in [0.3, 0.4) is 0 Å². The molecule has 1 amide bonds. The summed E-state index contributed by atoms with van der Waals surface area (Å²) in [6.45, 7) is 2.48. The van der Waals surface area contributed by atoms with Crippen molar-refractivity contribution in [2.24, 2.45) is 0 Å². The number of ether oxygens (including phenoxy) is 1. The number of rotatable bonds is 3. The first-order chi connectivity index (χ1) is 9.44. The van der Waals surface area contributed by atoms with Gasteiger partial charge in [0.15, 0.2) is 0 Å². The van der Waals surface area contributed by atoms with Crippen LogP contribution in [0.2, 0.25) is 5.02 Å². The number of hydrogen-bond donors (Lipinski definition) is 2. The molecule has 1 aromatic rings. The van der Waals surface area contributed by atoms with Gasteiger partial charge in [0, 0.05) is 36.6 Å². The van der Waals surface area contributed by atoms with Crippen LogP contribution in [0.4, 0.5) is 0 Å². The molecule has 108 valence electrons. The SMILES string of the molecule is Cc1ccc(C(=O)NC2(C(=O)O)CCOCC2)cc1Cl. The van der Waals surface area contributed by atoms with Gasteiger partial charge in [0.25, 0.3) is 5.91 Å². The highest BCUT2D eigenvalue weighted by Gasteiger charge is 2.41. The quantitative estimate of drug-likeness (QED) is 0.895. The van der Waals surface area contributed by atoms with Crippen LogP contribution in [-0.2, 0) is 9.53 Å². The third-order valence-electron chi connectivity index (χ3n) is 3.54. The van der Waals surface area contributed by atoms with E-state index in [1.807, 2.05) is 6.92 Å². The van der Waals surface area contributed by atoms with E-state index in [1.54, 1.807) is 18.2 Å². The van der Waals surface area contributed by atoms with Crippen LogP contribution < -0.4 is 5.32 Å². The zero-order chi connectivity index (χ0) is 14.8. The number of halogens is 1. The molecule has 2 N–H and O–H groups in total. The van der Waals surface area contributed by atoms with Crippen LogP contribution in [0.1, 0.15) is 28.8 Å². The summed E-state index contributed by atoms with van der Waals surface area (Å²) in [5.74, 6) is -1.47. The van der Waals surface area contributed by atoms with Gasteiger partial charge in [0.1, 0.15) is 5.54 Å². The second-order valence-electron chi connectivity index (χ2n) is 4.92. The first kappa shape index (κ1) is 14.8. The Morgan fingerprint density at radius 2 is 2.00 bits per heavy atom. The summed E-state index contributed by atoms with van der Waals surface area (Å²) in [5, 5.41) is 12.5. The zero-order valence-electron chi connectivity index (χ0n) is 11.1. The van der Waals surface area contributed by atoms with Crippen LogP contribution >= 0.6 is 11.6 Å². The molecule has 0 bridgehead atoms. The number of benzene rings is 1. The molecule has 0 aromatic heterocycles. The lowest BCUT2D eigenvalue weighted by Crippen LogP contribution is -2.57. The van der Waals surface area contributed by atoms with Gasteiger partial charge in [-0.25, -0.2) is 4.79 Å². The molecule has 6 heteroatoms. The molecule has 0 unspecified atom stereocenters. The third-order valence-corrected chi connectivity index (χ3v) is 3.95. The van der Waals surface area contributed by atoms with Crippen LogP contribution in [0.15, 0.2) is 18.2 Å². The minimum atomic E-state index is -1.26. The summed E-state index contributed by atoms with van der Waals surface area (Å²) in [4.78, 5) is 23.7. The van der Waals surface area contributed by atoms with Gasteiger partial charge >= 0.3 is 5.97 Å². The topological polar surface area (TPSA) is 75.6 Å². The van der Waals surface area contributed by atoms with E-state index in [4.69, 9.17) is 16.3 Å². The van der Waals surface area contributed by atoms with E-state index in [0.29, 0.717) is 23.8 Å². The second-order valence-corrected chi connectivity index (χ2v) is 5.32. The van der Waals surface area contributed by atoms with Crippen LogP contribution in [0, 0.1) is 6.92 Å². The summed E-state index contributed by atoms with van der Waals surface area (Å²) >= 11 is 5.98. The van der Waals surface area contributed by atoms with Gasteiger partial charge in [-0.1, -0.05) is 17.7 Å². The monoisotopic (exact) mass is 297 g/mol. The Labute approximate surface area is 121 Å². The van der Waals surface area contributed by atoms with Gasteiger partial charge in [-0.2, -0.15) is 0 Å². The lowest BCUT2D eigenvalue weighted by molar-refractivity contribution is -0.148. The zero-order valence-corrected chi connectivity index (χ0v) is 11.9. The average Bonchev–Trinajstić information content (AvgIpc) is 2.42. The van der Waals surface area contributed by atoms with Crippen molar-refractivity contribution in [2.75, 3.05) is 13.2 Å². The maximum Gasteiger partial charge on any atom is 0.329 e. The fourth-order valence-corrected chi connectivity index (χ4v) is 2.32. The van der Waals surface area contributed by atoms with Crippen molar-refractivity contribution in [3.8, 4) is 0 Å². The average molecular weight is 298 g/mol. The number of aliphatic carboxylic acids is 1. The standard InChI is InChI=1S/C14H16ClNO4/c1-9-2-3-10(8-11(9)15)12(17)16-14(13(18)19)4-6-20-7-5-14/h2-3,8H,4-7H2,1H3,(H,16,17)(H,18,19). The number of hydrogen-bond acceptors (Lipinski definition) is 3. The predicted molar refractivity (Wildman–Crippen MR) is 74.1 cm³/mol. The van der Waals surface area contributed by atoms with Crippen molar-refractivity contribution < 1.29 is 19.4 Å². The molecule has 20 heavy (non-hydrogen) atoms. The Kier molecular flexibility index (Phi) is 4.30. The number of aryl methyl sites for hydroxylation is 1. The van der Waals surface area contributed by atoms with Gasteiger partial charge in [-0.15, -0.1) is 0 Å². The second kappa shape index (κ2) is 5.81. The Hall–Kier alpha value is -1.59. The highest BCUT2D eigenvalue weighted by atomic mass is 35.5. The number of carboxylic acids is 1. The molecule has 1 aliphatic heterocycles. The van der Waals surface area contributed by atoms with E-state index in [9.17, 15) is 14.7 Å². The fraction of sp³-hybridized carbons (Fsp3) is 0.429. The first-order valence-corrected chi connectivity index (χ1v) is 6.72. The van der Waals surface area contributed by atoms with Crippen molar-refractivity contribution in [1.82, 2.24) is 5.32 Å². The van der Waals surface area contributed by atoms with Gasteiger partial charge in [0.05, 0.1) is 0 Å². The number of carboxylic acid groups (broad SMARTS) is 1. The minimum absolute atomic E-state index is 0.258. The van der Waals surface area contributed by atoms with Crippen LogP contribution in [0.5, 0.6) is 0 Å². The smallest absolute Gasteiger partial charge is 0.329 e. The summed E-state index contributed by atoms with van der Waals surface area (Å²) in [7, 11) is 0. The van der Waals surface area contributed by atoms with E-state index < -0.39 is 17.4 Å². The molecule has 1 heterocycles. The molecule has 0 radical (unpaired) electrons. The predicted octanol–water partition coefficient (Wildman–Crippen LogP) is 2.01. The van der Waals surface area contributed by atoms with Crippen molar-refractivity contribution in [1.29, 1.82) is 0 Å². The van der Waals surface area contributed by atoms with E-state index in [-0.39, 0.29) is 12.8 Å². The molecule has 0 spiro atoms. The minimum Gasteiger partial charge on any atom is -0.480 e. The largest absolute Gasteiger partial charge is 0.480 e. The summed E-state index contributed by atoms with van der Waals surface area (Å²) in [6, 6.07) is 4.90. The van der Waals surface area contributed by atoms with Gasteiger partial charge < -0.3 is 15.2 Å². The van der Waals surface area contributed by atoms with Gasteiger partial charge in [-0.3, -0.25) is 4.79 Å². The molecule has 1 saturated heterocycles. The first-order valence-electron chi connectivity index (χ1n) is 6.34. The third kappa shape index (κ3) is 2.94. The lowest BCUT2D eigenvalue weighted by Gasteiger charge is -2.33. The molecule has 1 fully saturated rings. The Morgan fingerprint density at radius 1 is 1.35 bits per heavy atom. The molecule has 0 saturated carbocycles. The van der Waals surface area contributed by atoms with Crippen molar-refractivity contribution in [3.63, 3.8) is 0 Å². The molecule has 1 aliphatic rings. The highest BCUT2D eigenvalue weighted by molar-refractivity contribution is 6.31. The van der Waals surface area contributed by atoms with E-state index >= 15 is 0 Å². The molecule has 1 aromatic carbocycles. The number of carbonyl (C=O) groups excluding carboxylic acids is 1. The fourth-order valence-electron chi connectivity index (χ4n) is 2.14. The van der Waals surface area contributed by atoms with Gasteiger partial charge in [-0.05, 0) is 24.6 Å². The van der Waals surface area contributed by atoms with Crippen molar-refractivity contribution >= 4 is 23.5 Å². The molecule has 0 aliphatic carbocycles.